The van der Waals surface area contributed by atoms with Gasteiger partial charge in [0.1, 0.15) is 5.82 Å². The molecule has 0 aliphatic carbocycles. The molecule has 23 heavy (non-hydrogen) atoms. The van der Waals surface area contributed by atoms with Crippen LogP contribution in [0.15, 0.2) is 48.5 Å². The maximum atomic E-state index is 13.6. The Morgan fingerprint density at radius 2 is 2.00 bits per heavy atom. The molecule has 1 amide bonds. The van der Waals surface area contributed by atoms with Crippen molar-refractivity contribution in [1.29, 1.82) is 0 Å². The second-order valence-electron chi connectivity index (χ2n) is 5.34. The van der Waals surface area contributed by atoms with Crippen LogP contribution < -0.4 is 10.6 Å². The van der Waals surface area contributed by atoms with Gasteiger partial charge in [-0.3, -0.25) is 4.79 Å². The molecule has 0 aliphatic rings. The molecular formula is C18H21FN2O2. The number of halogens is 1. The van der Waals surface area contributed by atoms with Crippen LogP contribution in [0.4, 0.5) is 10.1 Å². The monoisotopic (exact) mass is 316 g/mol. The molecule has 5 heteroatoms. The van der Waals surface area contributed by atoms with E-state index in [2.05, 4.69) is 10.6 Å². The molecule has 2 aromatic carbocycles. The molecule has 1 atom stereocenters. The number of anilines is 1. The predicted molar refractivity (Wildman–Crippen MR) is 88.7 cm³/mol. The minimum atomic E-state index is -0.377. The fourth-order valence-electron chi connectivity index (χ4n) is 2.30. The molecule has 0 fully saturated rings. The predicted octanol–water partition coefficient (Wildman–Crippen LogP) is 2.65. The van der Waals surface area contributed by atoms with Crippen LogP contribution in [0.3, 0.4) is 0 Å². The van der Waals surface area contributed by atoms with E-state index in [-0.39, 0.29) is 30.8 Å². The van der Waals surface area contributed by atoms with Gasteiger partial charge in [0.2, 0.25) is 5.91 Å². The summed E-state index contributed by atoms with van der Waals surface area (Å²) in [4.78, 5) is 12.1. The molecule has 0 spiro atoms. The Hall–Kier alpha value is -2.24. The van der Waals surface area contributed by atoms with E-state index in [0.29, 0.717) is 17.8 Å². The minimum Gasteiger partial charge on any atom is -0.395 e. The highest BCUT2D eigenvalue weighted by atomic mass is 19.1. The molecule has 0 saturated carbocycles. The van der Waals surface area contributed by atoms with E-state index >= 15 is 0 Å². The van der Waals surface area contributed by atoms with E-state index in [4.69, 9.17) is 5.11 Å². The molecule has 0 aromatic heterocycles. The van der Waals surface area contributed by atoms with Gasteiger partial charge in [0.25, 0.3) is 0 Å². The summed E-state index contributed by atoms with van der Waals surface area (Å²) in [5.41, 5.74) is 2.04. The van der Waals surface area contributed by atoms with Crippen LogP contribution in [0.5, 0.6) is 0 Å². The van der Waals surface area contributed by atoms with Crippen molar-refractivity contribution in [2.75, 3.05) is 18.5 Å². The Bertz CT molecular complexity index is 661. The molecule has 0 aliphatic heterocycles. The lowest BCUT2D eigenvalue weighted by Crippen LogP contribution is -2.22. The van der Waals surface area contributed by atoms with E-state index in [1.54, 1.807) is 24.3 Å². The van der Waals surface area contributed by atoms with Gasteiger partial charge < -0.3 is 15.7 Å². The van der Waals surface area contributed by atoms with Crippen LogP contribution in [-0.4, -0.2) is 24.2 Å². The van der Waals surface area contributed by atoms with Gasteiger partial charge in [-0.05, 0) is 36.2 Å². The zero-order chi connectivity index (χ0) is 16.7. The maximum absolute atomic E-state index is 13.6. The first-order chi connectivity index (χ1) is 11.1. The van der Waals surface area contributed by atoms with Crippen LogP contribution in [0.1, 0.15) is 24.1 Å². The number of hydrogen-bond donors (Lipinski definition) is 3. The molecule has 2 aromatic rings. The summed E-state index contributed by atoms with van der Waals surface area (Å²) in [6.07, 6.45) is -0.00475. The number of amides is 1. The molecule has 1 unspecified atom stereocenters. The quantitative estimate of drug-likeness (QED) is 0.736. The van der Waals surface area contributed by atoms with Crippen molar-refractivity contribution in [3.63, 3.8) is 0 Å². The standard InChI is InChI=1S/C18H21FN2O2/c1-13(20-9-10-22)14-6-4-7-16(11-14)21-18(23)12-15-5-2-3-8-17(15)19/h2-8,11,13,20,22H,9-10,12H2,1H3,(H,21,23). The largest absolute Gasteiger partial charge is 0.395 e. The molecule has 4 nitrogen and oxygen atoms in total. The van der Waals surface area contributed by atoms with E-state index in [9.17, 15) is 9.18 Å². The van der Waals surface area contributed by atoms with E-state index in [1.165, 1.54) is 6.07 Å². The lowest BCUT2D eigenvalue weighted by atomic mass is 10.1. The van der Waals surface area contributed by atoms with Crippen molar-refractivity contribution in [3.8, 4) is 0 Å². The van der Waals surface area contributed by atoms with Gasteiger partial charge in [-0.2, -0.15) is 0 Å². The van der Waals surface area contributed by atoms with Crippen LogP contribution in [0.2, 0.25) is 0 Å². The summed E-state index contributed by atoms with van der Waals surface area (Å²) < 4.78 is 13.6. The fraction of sp³-hybridized carbons (Fsp3) is 0.278. The summed E-state index contributed by atoms with van der Waals surface area (Å²) >= 11 is 0. The second-order valence-corrected chi connectivity index (χ2v) is 5.34. The molecule has 3 N–H and O–H groups in total. The number of hydrogen-bond acceptors (Lipinski definition) is 3. The first-order valence-electron chi connectivity index (χ1n) is 7.57. The minimum absolute atomic E-state index is 0.00475. The number of nitrogens with one attached hydrogen (secondary N) is 2. The van der Waals surface area contributed by atoms with Gasteiger partial charge in [-0.1, -0.05) is 30.3 Å². The van der Waals surface area contributed by atoms with Crippen molar-refractivity contribution in [2.45, 2.75) is 19.4 Å². The third-order valence-electron chi connectivity index (χ3n) is 3.54. The second kappa shape index (κ2) is 8.41. The van der Waals surface area contributed by atoms with E-state index in [1.807, 2.05) is 25.1 Å². The Kier molecular flexibility index (Phi) is 6.26. The van der Waals surface area contributed by atoms with E-state index < -0.39 is 0 Å². The third kappa shape index (κ3) is 5.16. The van der Waals surface area contributed by atoms with Crippen molar-refractivity contribution >= 4 is 11.6 Å². The Labute approximate surface area is 135 Å². The first-order valence-corrected chi connectivity index (χ1v) is 7.57. The van der Waals surface area contributed by atoms with Crippen LogP contribution in [0.25, 0.3) is 0 Å². The molecule has 0 bridgehead atoms. The summed E-state index contributed by atoms with van der Waals surface area (Å²) in [6, 6.07) is 13.8. The fourth-order valence-corrected chi connectivity index (χ4v) is 2.30. The van der Waals surface area contributed by atoms with Crippen molar-refractivity contribution in [3.05, 3.63) is 65.5 Å². The highest BCUT2D eigenvalue weighted by molar-refractivity contribution is 5.92. The van der Waals surface area contributed by atoms with Crippen LogP contribution >= 0.6 is 0 Å². The van der Waals surface area contributed by atoms with Crippen LogP contribution in [0, 0.1) is 5.82 Å². The number of benzene rings is 2. The van der Waals surface area contributed by atoms with Gasteiger partial charge >= 0.3 is 0 Å². The first kappa shape index (κ1) is 17.1. The zero-order valence-electron chi connectivity index (χ0n) is 13.1. The number of carbonyl (C=O) groups excluding carboxylic acids is 1. The summed E-state index contributed by atoms with van der Waals surface area (Å²) in [6.45, 7) is 2.56. The molecule has 0 saturated heterocycles. The smallest absolute Gasteiger partial charge is 0.228 e. The molecule has 2 rings (SSSR count). The highest BCUT2D eigenvalue weighted by Gasteiger charge is 2.09. The summed E-state index contributed by atoms with van der Waals surface area (Å²) in [5, 5.41) is 14.8. The maximum Gasteiger partial charge on any atom is 0.228 e. The highest BCUT2D eigenvalue weighted by Crippen LogP contribution is 2.18. The van der Waals surface area contributed by atoms with Gasteiger partial charge in [-0.15, -0.1) is 0 Å². The molecule has 0 radical (unpaired) electrons. The van der Waals surface area contributed by atoms with Gasteiger partial charge in [-0.25, -0.2) is 4.39 Å². The SMILES string of the molecule is CC(NCCO)c1cccc(NC(=O)Cc2ccccc2F)c1. The number of aliphatic hydroxyl groups excluding tert-OH is 1. The molecule has 122 valence electrons. The van der Waals surface area contributed by atoms with Crippen molar-refractivity contribution in [1.82, 2.24) is 5.32 Å². The summed E-state index contributed by atoms with van der Waals surface area (Å²) in [5.74, 6) is -0.638. The zero-order valence-corrected chi connectivity index (χ0v) is 13.1. The third-order valence-corrected chi connectivity index (χ3v) is 3.54. The van der Waals surface area contributed by atoms with Gasteiger partial charge in [0.15, 0.2) is 0 Å². The number of rotatable bonds is 7. The Morgan fingerprint density at radius 1 is 1.22 bits per heavy atom. The van der Waals surface area contributed by atoms with E-state index in [0.717, 1.165) is 5.56 Å². The lowest BCUT2D eigenvalue weighted by Gasteiger charge is -2.15. The normalized spacial score (nSPS) is 12.0. The van der Waals surface area contributed by atoms with Crippen molar-refractivity contribution < 1.29 is 14.3 Å². The molecular weight excluding hydrogens is 295 g/mol. The molecule has 0 heterocycles. The average Bonchev–Trinajstić information content (AvgIpc) is 2.55. The van der Waals surface area contributed by atoms with Crippen molar-refractivity contribution in [2.24, 2.45) is 0 Å². The Balaban J connectivity index is 2.00. The Morgan fingerprint density at radius 3 is 2.74 bits per heavy atom. The topological polar surface area (TPSA) is 61.4 Å². The average molecular weight is 316 g/mol. The number of aliphatic hydroxyl groups is 1. The van der Waals surface area contributed by atoms with Gasteiger partial charge in [0, 0.05) is 18.3 Å². The van der Waals surface area contributed by atoms with Gasteiger partial charge in [0.05, 0.1) is 13.0 Å². The lowest BCUT2D eigenvalue weighted by molar-refractivity contribution is -0.115. The van der Waals surface area contributed by atoms with Crippen LogP contribution in [-0.2, 0) is 11.2 Å². The number of carbonyl (C=O) groups is 1. The summed E-state index contributed by atoms with van der Waals surface area (Å²) in [7, 11) is 0.